The van der Waals surface area contributed by atoms with Crippen LogP contribution >= 0.6 is 0 Å². The van der Waals surface area contributed by atoms with Crippen LogP contribution in [-0.4, -0.2) is 32.1 Å². The fourth-order valence-electron chi connectivity index (χ4n) is 3.24. The van der Waals surface area contributed by atoms with E-state index >= 15 is 0 Å². The molecule has 0 amide bonds. The van der Waals surface area contributed by atoms with Crippen LogP contribution in [0.3, 0.4) is 0 Å². The Bertz CT molecular complexity index is 1440. The summed E-state index contributed by atoms with van der Waals surface area (Å²) in [6.07, 6.45) is -5.81. The lowest BCUT2D eigenvalue weighted by Gasteiger charge is -2.27. The van der Waals surface area contributed by atoms with E-state index in [9.17, 15) is 5.76 Å². The molecule has 2 bridgehead atoms. The number of halogens is 1. The number of aromatic nitrogens is 4. The van der Waals surface area contributed by atoms with Gasteiger partial charge in [0.15, 0.2) is 5.65 Å². The van der Waals surface area contributed by atoms with E-state index < -0.39 is 61.2 Å². The molecule has 1 saturated heterocycles. The molecule has 2 atom stereocenters. The molecular formula is C21H23FN6. The first kappa shape index (κ1) is 10.0. The summed E-state index contributed by atoms with van der Waals surface area (Å²) in [6, 6.07) is -2.00. The number of hydrogen-bond donors (Lipinski definition) is 1. The number of aryl methyl sites for hydroxylation is 1. The maximum Gasteiger partial charge on any atom is 0.166 e. The van der Waals surface area contributed by atoms with Crippen molar-refractivity contribution in [1.29, 1.82) is 0 Å². The molecule has 7 heteroatoms. The van der Waals surface area contributed by atoms with Crippen molar-refractivity contribution < 1.29 is 16.7 Å². The number of nitrogens with zero attached hydrogens (tertiary/aromatic N) is 5. The van der Waals surface area contributed by atoms with Gasteiger partial charge in [0.05, 0.1) is 25.3 Å². The highest BCUT2D eigenvalue weighted by Gasteiger charge is 2.30. The number of pyridine rings is 1. The minimum absolute atomic E-state index is 0.160. The van der Waals surface area contributed by atoms with Crippen LogP contribution in [0.5, 0.6) is 0 Å². The van der Waals surface area contributed by atoms with Crippen molar-refractivity contribution in [2.75, 3.05) is 11.4 Å². The first-order chi connectivity index (χ1) is 16.9. The molecule has 0 aliphatic carbocycles. The first-order valence-corrected chi connectivity index (χ1v) is 8.72. The molecule has 2 aliphatic heterocycles. The van der Waals surface area contributed by atoms with Gasteiger partial charge in [0.1, 0.15) is 11.6 Å². The van der Waals surface area contributed by atoms with Crippen LogP contribution in [0, 0.1) is 5.82 Å². The molecule has 0 aromatic carbocycles. The highest BCUT2D eigenvalue weighted by molar-refractivity contribution is 5.74. The molecule has 0 spiro atoms. The Morgan fingerprint density at radius 3 is 3.18 bits per heavy atom. The second-order valence-corrected chi connectivity index (χ2v) is 6.47. The lowest BCUT2D eigenvalue weighted by atomic mass is 9.98. The summed E-state index contributed by atoms with van der Waals surface area (Å²) in [4.78, 5) is 9.04. The minimum Gasteiger partial charge on any atom is -0.382 e. The van der Waals surface area contributed by atoms with Crippen LogP contribution < -0.4 is 10.2 Å². The van der Waals surface area contributed by atoms with Crippen molar-refractivity contribution in [3.8, 4) is 0 Å². The van der Waals surface area contributed by atoms with Gasteiger partial charge in [0.25, 0.3) is 0 Å². The van der Waals surface area contributed by atoms with Crippen molar-refractivity contribution in [1.82, 2.24) is 24.9 Å². The summed E-state index contributed by atoms with van der Waals surface area (Å²) < 4.78 is 95.2. The zero-order valence-corrected chi connectivity index (χ0v) is 15.0. The Kier molecular flexibility index (Phi) is 2.35. The molecule has 5 rings (SSSR count). The van der Waals surface area contributed by atoms with Gasteiger partial charge in [0.2, 0.25) is 0 Å². The molecule has 28 heavy (non-hydrogen) atoms. The topological polar surface area (TPSA) is 58.4 Å². The number of fused-ring (bicyclic) bond motifs is 5. The molecule has 3 aromatic heterocycles. The Hall–Kier alpha value is -2.96. The van der Waals surface area contributed by atoms with E-state index in [1.807, 2.05) is 0 Å². The molecule has 0 radical (unpaired) electrons. The van der Waals surface area contributed by atoms with E-state index in [4.69, 9.17) is 11.0 Å². The molecule has 5 heterocycles. The number of nitrogens with one attached hydrogen (secondary N) is 1. The highest BCUT2D eigenvalue weighted by Crippen LogP contribution is 2.37. The molecule has 6 nitrogen and oxygen atoms in total. The molecule has 1 fully saturated rings. The van der Waals surface area contributed by atoms with E-state index in [0.717, 1.165) is 11.0 Å². The van der Waals surface area contributed by atoms with Gasteiger partial charge >= 0.3 is 0 Å². The Morgan fingerprint density at radius 2 is 2.29 bits per heavy atom. The molecule has 2 aliphatic rings. The zero-order chi connectivity index (χ0) is 27.3. The average molecular weight is 388 g/mol. The molecule has 3 aromatic rings. The van der Waals surface area contributed by atoms with E-state index in [1.165, 1.54) is 29.9 Å². The molecule has 144 valence electrons. The predicted octanol–water partition coefficient (Wildman–Crippen LogP) is 3.50. The van der Waals surface area contributed by atoms with Crippen LogP contribution in [0.1, 0.15) is 61.3 Å². The van der Waals surface area contributed by atoms with Crippen molar-refractivity contribution in [3.63, 3.8) is 0 Å². The Balaban J connectivity index is 1.94. The lowest BCUT2D eigenvalue weighted by Crippen LogP contribution is -2.26. The summed E-state index contributed by atoms with van der Waals surface area (Å²) >= 11 is 0. The SMILES string of the molecule is [2H]C1([2H])CC([2H])([2H])[C@]2([2H])c3cc(F)cnc3C([2H])([2H])C([2H])([2H])[C@@H](C)NC(=C)c3cnn4ccc(nc34)N12. The molecule has 0 unspecified atom stereocenters. The second kappa shape index (κ2) is 6.58. The number of rotatable bonds is 0. The van der Waals surface area contributed by atoms with Gasteiger partial charge in [-0.3, -0.25) is 4.98 Å². The van der Waals surface area contributed by atoms with Gasteiger partial charge in [-0.05, 0) is 50.2 Å². The monoisotopic (exact) mass is 387 g/mol. The smallest absolute Gasteiger partial charge is 0.166 e. The van der Waals surface area contributed by atoms with Crippen LogP contribution in [-0.2, 0) is 6.37 Å². The van der Waals surface area contributed by atoms with Crippen LogP contribution in [0.25, 0.3) is 11.3 Å². The first-order valence-electron chi connectivity index (χ1n) is 13.2. The summed E-state index contributed by atoms with van der Waals surface area (Å²) in [7, 11) is 0. The predicted molar refractivity (Wildman–Crippen MR) is 106 cm³/mol. The van der Waals surface area contributed by atoms with Gasteiger partial charge in [-0.25, -0.2) is 13.9 Å². The standard InChI is InChI=1S/C21H23FN6/c1-13-5-6-18-16(10-15(22)11-23-18)19-4-3-8-27(19)20-7-9-28-21(26-20)17(12-24-28)14(2)25-13/h7,9-13,19,25H,2-6,8H2,1H3/t13-,19-/m1/s1/i4D2,5D2,6D2,8D2,19D. The molecule has 0 saturated carbocycles. The van der Waals surface area contributed by atoms with Gasteiger partial charge < -0.3 is 10.2 Å². The third-order valence-electron chi connectivity index (χ3n) is 4.53. The third-order valence-corrected chi connectivity index (χ3v) is 4.53. The minimum atomic E-state index is -3.00. The Morgan fingerprint density at radius 1 is 1.39 bits per heavy atom. The zero-order valence-electron chi connectivity index (χ0n) is 24.0. The van der Waals surface area contributed by atoms with Gasteiger partial charge in [0, 0.05) is 41.1 Å². The fourth-order valence-corrected chi connectivity index (χ4v) is 3.24. The van der Waals surface area contributed by atoms with Gasteiger partial charge in [-0.2, -0.15) is 5.10 Å². The van der Waals surface area contributed by atoms with E-state index in [2.05, 4.69) is 27.0 Å². The summed E-state index contributed by atoms with van der Waals surface area (Å²) in [5.41, 5.74) is -0.732. The van der Waals surface area contributed by atoms with Crippen LogP contribution in [0.4, 0.5) is 10.2 Å². The third kappa shape index (κ3) is 2.82. The normalized spacial score (nSPS) is 36.8. The van der Waals surface area contributed by atoms with Crippen molar-refractivity contribution in [2.45, 2.75) is 44.5 Å². The van der Waals surface area contributed by atoms with Crippen LogP contribution in [0.2, 0.25) is 0 Å². The molecular weight excluding hydrogens is 355 g/mol. The quantitative estimate of drug-likeness (QED) is 0.640. The van der Waals surface area contributed by atoms with Gasteiger partial charge in [-0.15, -0.1) is 0 Å². The Labute approximate surface area is 175 Å². The fraction of sp³-hybridized carbons (Fsp3) is 0.381. The number of anilines is 1. The van der Waals surface area contributed by atoms with E-state index in [-0.39, 0.29) is 17.2 Å². The maximum atomic E-state index is 14.6. The van der Waals surface area contributed by atoms with Crippen molar-refractivity contribution >= 4 is 17.2 Å². The summed E-state index contributed by atoms with van der Waals surface area (Å²) in [5.74, 6) is -1.20. The van der Waals surface area contributed by atoms with E-state index in [1.54, 1.807) is 0 Å². The number of hydrogen-bond acceptors (Lipinski definition) is 5. The average Bonchev–Trinajstić information content (AvgIpc) is 3.26. The maximum absolute atomic E-state index is 14.6. The summed E-state index contributed by atoms with van der Waals surface area (Å²) in [6.45, 7) is 2.77. The highest BCUT2D eigenvalue weighted by atomic mass is 19.1. The van der Waals surface area contributed by atoms with Crippen LogP contribution in [0.15, 0.2) is 37.3 Å². The molecule has 1 N–H and O–H groups in total. The van der Waals surface area contributed by atoms with E-state index in [0.29, 0.717) is 11.8 Å². The largest absolute Gasteiger partial charge is 0.382 e. The lowest BCUT2D eigenvalue weighted by molar-refractivity contribution is 0.575. The summed E-state index contributed by atoms with van der Waals surface area (Å²) in [5, 5.41) is 7.02. The van der Waals surface area contributed by atoms with Gasteiger partial charge in [-0.1, -0.05) is 6.58 Å². The second-order valence-electron chi connectivity index (χ2n) is 6.47. The van der Waals surface area contributed by atoms with Crippen molar-refractivity contribution in [2.24, 2.45) is 0 Å². The van der Waals surface area contributed by atoms with Crippen molar-refractivity contribution in [3.05, 3.63) is 59.9 Å².